The zero-order chi connectivity index (χ0) is 12.8. The van der Waals surface area contributed by atoms with E-state index >= 15 is 0 Å². The average Bonchev–Trinajstić information content (AvgIpc) is 2.28. The standard InChI is InChI=1S/C15H24FN/c1-11(2)6-5-7-15(17-4)13-9-8-12(3)14(16)10-13/h8-11,15,17H,5-7H2,1-4H3. The molecule has 0 amide bonds. The van der Waals surface area contributed by atoms with Gasteiger partial charge in [-0.15, -0.1) is 0 Å². The molecule has 1 nitrogen and oxygen atoms in total. The van der Waals surface area contributed by atoms with Crippen LogP contribution in [0.25, 0.3) is 0 Å². The van der Waals surface area contributed by atoms with E-state index in [1.165, 1.54) is 12.8 Å². The molecule has 17 heavy (non-hydrogen) atoms. The van der Waals surface area contributed by atoms with Gasteiger partial charge >= 0.3 is 0 Å². The summed E-state index contributed by atoms with van der Waals surface area (Å²) in [5, 5.41) is 3.27. The number of hydrogen-bond acceptors (Lipinski definition) is 1. The third-order valence-electron chi connectivity index (χ3n) is 3.22. The SMILES string of the molecule is CNC(CCCC(C)C)c1ccc(C)c(F)c1. The van der Waals surface area contributed by atoms with Crippen LogP contribution >= 0.6 is 0 Å². The van der Waals surface area contributed by atoms with Crippen LogP contribution in [0.5, 0.6) is 0 Å². The second-order valence-corrected chi connectivity index (χ2v) is 5.17. The highest BCUT2D eigenvalue weighted by Crippen LogP contribution is 2.22. The van der Waals surface area contributed by atoms with Crippen LogP contribution in [0.1, 0.15) is 50.3 Å². The van der Waals surface area contributed by atoms with E-state index in [0.29, 0.717) is 5.56 Å². The maximum Gasteiger partial charge on any atom is 0.126 e. The Balaban J connectivity index is 2.62. The molecule has 0 aliphatic rings. The maximum atomic E-state index is 13.5. The van der Waals surface area contributed by atoms with Gasteiger partial charge < -0.3 is 5.32 Å². The van der Waals surface area contributed by atoms with Gasteiger partial charge in [0.25, 0.3) is 0 Å². The summed E-state index contributed by atoms with van der Waals surface area (Å²) in [6.45, 7) is 6.27. The monoisotopic (exact) mass is 237 g/mol. The van der Waals surface area contributed by atoms with Crippen LogP contribution in [0, 0.1) is 18.7 Å². The molecule has 1 aromatic rings. The van der Waals surface area contributed by atoms with Crippen molar-refractivity contribution in [3.63, 3.8) is 0 Å². The Morgan fingerprint density at radius 3 is 2.47 bits per heavy atom. The zero-order valence-corrected chi connectivity index (χ0v) is 11.4. The topological polar surface area (TPSA) is 12.0 Å². The molecule has 0 aliphatic heterocycles. The molecule has 1 rings (SSSR count). The minimum Gasteiger partial charge on any atom is -0.313 e. The predicted molar refractivity (Wildman–Crippen MR) is 71.6 cm³/mol. The second-order valence-electron chi connectivity index (χ2n) is 5.17. The van der Waals surface area contributed by atoms with Gasteiger partial charge in [-0.3, -0.25) is 0 Å². The van der Waals surface area contributed by atoms with Gasteiger partial charge in [0, 0.05) is 6.04 Å². The summed E-state index contributed by atoms with van der Waals surface area (Å²) in [6, 6.07) is 5.81. The molecule has 2 heteroatoms. The maximum absolute atomic E-state index is 13.5. The molecule has 0 saturated heterocycles. The van der Waals surface area contributed by atoms with Crippen LogP contribution in [0.4, 0.5) is 4.39 Å². The van der Waals surface area contributed by atoms with Crippen LogP contribution in [-0.2, 0) is 0 Å². The van der Waals surface area contributed by atoms with Crippen LogP contribution in [0.15, 0.2) is 18.2 Å². The summed E-state index contributed by atoms with van der Waals surface area (Å²) in [6.07, 6.45) is 3.47. The van der Waals surface area contributed by atoms with E-state index in [0.717, 1.165) is 17.9 Å². The Morgan fingerprint density at radius 1 is 1.24 bits per heavy atom. The molecule has 1 N–H and O–H groups in total. The van der Waals surface area contributed by atoms with Gasteiger partial charge in [-0.1, -0.05) is 38.8 Å². The summed E-state index contributed by atoms with van der Waals surface area (Å²) in [4.78, 5) is 0. The lowest BCUT2D eigenvalue weighted by atomic mass is 9.97. The summed E-state index contributed by atoms with van der Waals surface area (Å²) in [7, 11) is 1.94. The van der Waals surface area contributed by atoms with Crippen LogP contribution in [0.3, 0.4) is 0 Å². The van der Waals surface area contributed by atoms with E-state index < -0.39 is 0 Å². The molecule has 1 unspecified atom stereocenters. The van der Waals surface area contributed by atoms with Crippen molar-refractivity contribution in [3.8, 4) is 0 Å². The van der Waals surface area contributed by atoms with E-state index in [1.54, 1.807) is 13.0 Å². The molecule has 1 atom stereocenters. The number of hydrogen-bond donors (Lipinski definition) is 1. The first kappa shape index (κ1) is 14.2. The number of aryl methyl sites for hydroxylation is 1. The van der Waals surface area contributed by atoms with Crippen molar-refractivity contribution >= 4 is 0 Å². The second kappa shape index (κ2) is 6.75. The van der Waals surface area contributed by atoms with Crippen molar-refractivity contribution in [2.24, 2.45) is 5.92 Å². The molecule has 96 valence electrons. The van der Waals surface area contributed by atoms with E-state index in [4.69, 9.17) is 0 Å². The fraction of sp³-hybridized carbons (Fsp3) is 0.600. The van der Waals surface area contributed by atoms with Gasteiger partial charge in [0.2, 0.25) is 0 Å². The van der Waals surface area contributed by atoms with Crippen LogP contribution in [0.2, 0.25) is 0 Å². The zero-order valence-electron chi connectivity index (χ0n) is 11.4. The van der Waals surface area contributed by atoms with Gasteiger partial charge in [0.05, 0.1) is 0 Å². The number of benzene rings is 1. The lowest BCUT2D eigenvalue weighted by Gasteiger charge is -2.17. The van der Waals surface area contributed by atoms with Gasteiger partial charge in [-0.05, 0) is 43.5 Å². The van der Waals surface area contributed by atoms with Gasteiger partial charge in [-0.2, -0.15) is 0 Å². The number of rotatable bonds is 6. The molecule has 0 fully saturated rings. The van der Waals surface area contributed by atoms with Crippen molar-refractivity contribution in [2.45, 2.75) is 46.1 Å². The minimum absolute atomic E-state index is 0.105. The summed E-state index contributed by atoms with van der Waals surface area (Å²) in [5.74, 6) is 0.633. The molecule has 0 spiro atoms. The first-order chi connectivity index (χ1) is 8.04. The van der Waals surface area contributed by atoms with Crippen molar-refractivity contribution in [2.75, 3.05) is 7.05 Å². The van der Waals surface area contributed by atoms with Crippen LogP contribution in [-0.4, -0.2) is 7.05 Å². The highest BCUT2D eigenvalue weighted by molar-refractivity contribution is 5.25. The minimum atomic E-state index is -0.105. The Hall–Kier alpha value is -0.890. The largest absolute Gasteiger partial charge is 0.313 e. The number of nitrogens with one attached hydrogen (secondary N) is 1. The van der Waals surface area contributed by atoms with E-state index in [1.807, 2.05) is 19.2 Å². The normalized spacial score (nSPS) is 13.1. The molecule has 0 radical (unpaired) electrons. The van der Waals surface area contributed by atoms with Crippen molar-refractivity contribution in [1.82, 2.24) is 5.32 Å². The first-order valence-corrected chi connectivity index (χ1v) is 6.48. The van der Waals surface area contributed by atoms with Crippen molar-refractivity contribution < 1.29 is 4.39 Å². The Bertz CT molecular complexity index is 347. The first-order valence-electron chi connectivity index (χ1n) is 6.48. The lowest BCUT2D eigenvalue weighted by molar-refractivity contribution is 0.468. The molecule has 1 aromatic carbocycles. The Labute approximate surface area is 104 Å². The van der Waals surface area contributed by atoms with Gasteiger partial charge in [0.15, 0.2) is 0 Å². The molecule has 0 aromatic heterocycles. The van der Waals surface area contributed by atoms with E-state index in [9.17, 15) is 4.39 Å². The Kier molecular flexibility index (Phi) is 5.63. The quantitative estimate of drug-likeness (QED) is 0.781. The fourth-order valence-corrected chi connectivity index (χ4v) is 2.03. The molecular formula is C15H24FN. The van der Waals surface area contributed by atoms with Crippen LogP contribution < -0.4 is 5.32 Å². The third-order valence-corrected chi connectivity index (χ3v) is 3.22. The number of halogens is 1. The lowest BCUT2D eigenvalue weighted by Crippen LogP contribution is -2.16. The Morgan fingerprint density at radius 2 is 1.94 bits per heavy atom. The summed E-state index contributed by atoms with van der Waals surface area (Å²) >= 11 is 0. The molecular weight excluding hydrogens is 213 g/mol. The smallest absolute Gasteiger partial charge is 0.126 e. The molecule has 0 heterocycles. The molecule has 0 bridgehead atoms. The fourth-order valence-electron chi connectivity index (χ4n) is 2.03. The average molecular weight is 237 g/mol. The summed E-state index contributed by atoms with van der Waals surface area (Å²) < 4.78 is 13.5. The third kappa shape index (κ3) is 4.47. The highest BCUT2D eigenvalue weighted by Gasteiger charge is 2.10. The predicted octanol–water partition coefficient (Wildman–Crippen LogP) is 4.22. The van der Waals surface area contributed by atoms with Crippen molar-refractivity contribution in [1.29, 1.82) is 0 Å². The summed E-state index contributed by atoms with van der Waals surface area (Å²) in [5.41, 5.74) is 1.77. The van der Waals surface area contributed by atoms with Gasteiger partial charge in [0.1, 0.15) is 5.82 Å². The highest BCUT2D eigenvalue weighted by atomic mass is 19.1. The van der Waals surface area contributed by atoms with Gasteiger partial charge in [-0.25, -0.2) is 4.39 Å². The van der Waals surface area contributed by atoms with E-state index in [2.05, 4.69) is 19.2 Å². The van der Waals surface area contributed by atoms with E-state index in [-0.39, 0.29) is 11.9 Å². The molecule has 0 saturated carbocycles. The van der Waals surface area contributed by atoms with Crippen molar-refractivity contribution in [3.05, 3.63) is 35.1 Å². The molecule has 0 aliphatic carbocycles.